The van der Waals surface area contributed by atoms with Crippen molar-refractivity contribution in [2.24, 2.45) is 5.73 Å². The lowest BCUT2D eigenvalue weighted by molar-refractivity contribution is 0.0847. The Hall–Kier alpha value is -0.490. The molecule has 16 heavy (non-hydrogen) atoms. The van der Waals surface area contributed by atoms with Crippen molar-refractivity contribution in [1.29, 1.82) is 0 Å². The standard InChI is InChI=1S/C11H19N3OS/c1-15-7-6-14-5-2-3-9(12)10(14)11-13-4-8-16-11/h4,8-10H,2-3,5-7,12H2,1H3. The van der Waals surface area contributed by atoms with Gasteiger partial charge in [0, 0.05) is 31.3 Å². The highest BCUT2D eigenvalue weighted by Crippen LogP contribution is 2.30. The highest BCUT2D eigenvalue weighted by Gasteiger charge is 2.31. The first kappa shape index (κ1) is 12.0. The van der Waals surface area contributed by atoms with Gasteiger partial charge in [-0.2, -0.15) is 0 Å². The van der Waals surface area contributed by atoms with E-state index in [4.69, 9.17) is 10.5 Å². The van der Waals surface area contributed by atoms with Gasteiger partial charge in [0.15, 0.2) is 0 Å². The predicted octanol–water partition coefficient (Wildman–Crippen LogP) is 1.25. The molecule has 0 bridgehead atoms. The second kappa shape index (κ2) is 5.72. The molecule has 0 spiro atoms. The Kier molecular flexibility index (Phi) is 4.29. The minimum Gasteiger partial charge on any atom is -0.383 e. The molecule has 1 aliphatic heterocycles. The molecule has 2 rings (SSSR count). The Morgan fingerprint density at radius 3 is 3.25 bits per heavy atom. The molecule has 0 radical (unpaired) electrons. The first-order chi connectivity index (χ1) is 7.83. The summed E-state index contributed by atoms with van der Waals surface area (Å²) in [7, 11) is 1.74. The van der Waals surface area contributed by atoms with Crippen LogP contribution in [0.5, 0.6) is 0 Å². The molecule has 5 heteroatoms. The van der Waals surface area contributed by atoms with E-state index < -0.39 is 0 Å². The molecule has 2 unspecified atom stereocenters. The lowest BCUT2D eigenvalue weighted by Crippen LogP contribution is -2.46. The molecule has 1 aromatic rings. The van der Waals surface area contributed by atoms with Crippen molar-refractivity contribution in [1.82, 2.24) is 9.88 Å². The van der Waals surface area contributed by atoms with Gasteiger partial charge in [0.1, 0.15) is 5.01 Å². The number of aromatic nitrogens is 1. The van der Waals surface area contributed by atoms with E-state index in [9.17, 15) is 0 Å². The van der Waals surface area contributed by atoms with Gasteiger partial charge < -0.3 is 10.5 Å². The third kappa shape index (κ3) is 2.60. The van der Waals surface area contributed by atoms with Gasteiger partial charge in [0.2, 0.25) is 0 Å². The molecule has 0 amide bonds. The maximum atomic E-state index is 6.22. The third-order valence-corrected chi connectivity index (χ3v) is 3.91. The molecule has 4 nitrogen and oxygen atoms in total. The van der Waals surface area contributed by atoms with E-state index in [0.717, 1.165) is 31.1 Å². The smallest absolute Gasteiger partial charge is 0.111 e. The normalized spacial score (nSPS) is 27.1. The molecule has 1 aliphatic rings. The van der Waals surface area contributed by atoms with Crippen LogP contribution in [0.1, 0.15) is 23.9 Å². The Morgan fingerprint density at radius 1 is 1.69 bits per heavy atom. The van der Waals surface area contributed by atoms with Gasteiger partial charge in [0.05, 0.1) is 12.6 Å². The van der Waals surface area contributed by atoms with Crippen LogP contribution in [0.15, 0.2) is 11.6 Å². The SMILES string of the molecule is COCCN1CCCC(N)C1c1nccs1. The average molecular weight is 241 g/mol. The van der Waals surface area contributed by atoms with Crippen molar-refractivity contribution in [3.05, 3.63) is 16.6 Å². The van der Waals surface area contributed by atoms with Gasteiger partial charge in [-0.05, 0) is 19.4 Å². The molecule has 2 heterocycles. The fourth-order valence-electron chi connectivity index (χ4n) is 2.28. The quantitative estimate of drug-likeness (QED) is 0.862. The van der Waals surface area contributed by atoms with E-state index in [1.54, 1.807) is 18.4 Å². The van der Waals surface area contributed by atoms with Crippen LogP contribution in [0.25, 0.3) is 0 Å². The monoisotopic (exact) mass is 241 g/mol. The minimum atomic E-state index is 0.205. The van der Waals surface area contributed by atoms with Crippen LogP contribution < -0.4 is 5.73 Å². The van der Waals surface area contributed by atoms with Crippen molar-refractivity contribution in [2.75, 3.05) is 26.8 Å². The van der Waals surface area contributed by atoms with Crippen molar-refractivity contribution in [2.45, 2.75) is 24.9 Å². The average Bonchev–Trinajstić information content (AvgIpc) is 2.79. The fraction of sp³-hybridized carbons (Fsp3) is 0.727. The lowest BCUT2D eigenvalue weighted by atomic mass is 9.97. The van der Waals surface area contributed by atoms with Crippen molar-refractivity contribution in [3.8, 4) is 0 Å². The van der Waals surface area contributed by atoms with Crippen LogP contribution in [0.2, 0.25) is 0 Å². The number of piperidine rings is 1. The number of methoxy groups -OCH3 is 1. The number of nitrogens with zero attached hydrogens (tertiary/aromatic N) is 2. The zero-order valence-corrected chi connectivity index (χ0v) is 10.4. The zero-order chi connectivity index (χ0) is 11.4. The lowest BCUT2D eigenvalue weighted by Gasteiger charge is -2.38. The summed E-state index contributed by atoms with van der Waals surface area (Å²) in [6.07, 6.45) is 4.12. The van der Waals surface area contributed by atoms with Crippen LogP contribution in [0, 0.1) is 0 Å². The zero-order valence-electron chi connectivity index (χ0n) is 9.63. The number of hydrogen-bond donors (Lipinski definition) is 1. The topological polar surface area (TPSA) is 51.4 Å². The highest BCUT2D eigenvalue weighted by molar-refractivity contribution is 7.09. The summed E-state index contributed by atoms with van der Waals surface area (Å²) in [5, 5.41) is 3.16. The van der Waals surface area contributed by atoms with E-state index >= 15 is 0 Å². The van der Waals surface area contributed by atoms with Crippen LogP contribution in [-0.4, -0.2) is 42.7 Å². The van der Waals surface area contributed by atoms with E-state index in [0.29, 0.717) is 0 Å². The van der Waals surface area contributed by atoms with Crippen LogP contribution >= 0.6 is 11.3 Å². The molecule has 0 aliphatic carbocycles. The summed E-state index contributed by atoms with van der Waals surface area (Å²) >= 11 is 1.70. The van der Waals surface area contributed by atoms with E-state index in [2.05, 4.69) is 9.88 Å². The molecular formula is C11H19N3OS. The Labute approximate surface area is 100 Å². The molecule has 1 saturated heterocycles. The summed E-state index contributed by atoms with van der Waals surface area (Å²) in [6, 6.07) is 0.487. The van der Waals surface area contributed by atoms with Gasteiger partial charge in [-0.15, -0.1) is 11.3 Å². The second-order valence-corrected chi connectivity index (χ2v) is 5.08. The summed E-state index contributed by atoms with van der Waals surface area (Å²) in [5.74, 6) is 0. The summed E-state index contributed by atoms with van der Waals surface area (Å²) in [4.78, 5) is 6.80. The Morgan fingerprint density at radius 2 is 2.56 bits per heavy atom. The van der Waals surface area contributed by atoms with Crippen molar-refractivity contribution < 1.29 is 4.74 Å². The van der Waals surface area contributed by atoms with Crippen molar-refractivity contribution >= 4 is 11.3 Å². The number of thiazole rings is 1. The molecule has 90 valence electrons. The van der Waals surface area contributed by atoms with Gasteiger partial charge in [-0.3, -0.25) is 4.90 Å². The fourth-order valence-corrected chi connectivity index (χ4v) is 3.12. The summed E-state index contributed by atoms with van der Waals surface area (Å²) in [6.45, 7) is 2.80. The molecule has 1 fully saturated rings. The number of ether oxygens (including phenoxy) is 1. The highest BCUT2D eigenvalue weighted by atomic mass is 32.1. The van der Waals surface area contributed by atoms with E-state index in [-0.39, 0.29) is 12.1 Å². The van der Waals surface area contributed by atoms with Gasteiger partial charge in [0.25, 0.3) is 0 Å². The minimum absolute atomic E-state index is 0.205. The molecule has 2 N–H and O–H groups in total. The van der Waals surface area contributed by atoms with Crippen molar-refractivity contribution in [3.63, 3.8) is 0 Å². The first-order valence-electron chi connectivity index (χ1n) is 5.71. The summed E-state index contributed by atoms with van der Waals surface area (Å²) in [5.41, 5.74) is 6.22. The number of likely N-dealkylation sites (tertiary alicyclic amines) is 1. The molecule has 2 atom stereocenters. The van der Waals surface area contributed by atoms with Crippen LogP contribution in [-0.2, 0) is 4.74 Å². The van der Waals surface area contributed by atoms with E-state index in [1.165, 1.54) is 6.42 Å². The van der Waals surface area contributed by atoms with Crippen LogP contribution in [0.3, 0.4) is 0 Å². The number of rotatable bonds is 4. The van der Waals surface area contributed by atoms with Gasteiger partial charge in [-0.1, -0.05) is 0 Å². The van der Waals surface area contributed by atoms with Gasteiger partial charge >= 0.3 is 0 Å². The largest absolute Gasteiger partial charge is 0.383 e. The third-order valence-electron chi connectivity index (χ3n) is 3.07. The summed E-state index contributed by atoms with van der Waals surface area (Å²) < 4.78 is 5.15. The predicted molar refractivity (Wildman–Crippen MR) is 65.5 cm³/mol. The number of nitrogens with two attached hydrogens (primary N) is 1. The Balaban J connectivity index is 2.08. The van der Waals surface area contributed by atoms with Crippen LogP contribution in [0.4, 0.5) is 0 Å². The Bertz CT molecular complexity index is 304. The molecule has 0 saturated carbocycles. The van der Waals surface area contributed by atoms with Gasteiger partial charge in [-0.25, -0.2) is 4.98 Å². The molecule has 0 aromatic carbocycles. The molecule has 1 aromatic heterocycles. The second-order valence-electron chi connectivity index (χ2n) is 4.15. The molecular weight excluding hydrogens is 222 g/mol. The van der Waals surface area contributed by atoms with E-state index in [1.807, 2.05) is 11.6 Å². The maximum absolute atomic E-state index is 6.22. The first-order valence-corrected chi connectivity index (χ1v) is 6.59. The maximum Gasteiger partial charge on any atom is 0.111 e. The number of hydrogen-bond acceptors (Lipinski definition) is 5.